The molecule has 19 heavy (non-hydrogen) atoms. The van der Waals surface area contributed by atoms with Crippen molar-refractivity contribution in [1.29, 1.82) is 0 Å². The average molecular weight is 257 g/mol. The SMILES string of the molecule is CC1CN=C(NCC2(Cc3ccccc3)CCC2)N1. The second-order valence-electron chi connectivity index (χ2n) is 6.10. The number of benzene rings is 1. The first-order chi connectivity index (χ1) is 9.26. The van der Waals surface area contributed by atoms with E-state index in [9.17, 15) is 0 Å². The molecule has 0 spiro atoms. The third-order valence-corrected chi connectivity index (χ3v) is 4.37. The van der Waals surface area contributed by atoms with Crippen LogP contribution in [0.2, 0.25) is 0 Å². The van der Waals surface area contributed by atoms with Gasteiger partial charge in [-0.05, 0) is 37.2 Å². The topological polar surface area (TPSA) is 36.4 Å². The van der Waals surface area contributed by atoms with Crippen LogP contribution in [0.1, 0.15) is 31.7 Å². The van der Waals surface area contributed by atoms with Crippen molar-refractivity contribution in [3.63, 3.8) is 0 Å². The van der Waals surface area contributed by atoms with Crippen LogP contribution >= 0.6 is 0 Å². The number of nitrogens with one attached hydrogen (secondary N) is 2. The van der Waals surface area contributed by atoms with Gasteiger partial charge in [-0.25, -0.2) is 0 Å². The Morgan fingerprint density at radius 3 is 2.68 bits per heavy atom. The van der Waals surface area contributed by atoms with Gasteiger partial charge in [0, 0.05) is 12.6 Å². The number of aliphatic imine (C=N–C) groups is 1. The monoisotopic (exact) mass is 257 g/mol. The van der Waals surface area contributed by atoms with Crippen LogP contribution in [0.4, 0.5) is 0 Å². The van der Waals surface area contributed by atoms with Crippen LogP contribution in [0, 0.1) is 5.41 Å². The van der Waals surface area contributed by atoms with Crippen LogP contribution in [0.3, 0.4) is 0 Å². The zero-order chi connectivity index (χ0) is 13.1. The zero-order valence-corrected chi connectivity index (χ0v) is 11.7. The maximum atomic E-state index is 4.48. The average Bonchev–Trinajstić information content (AvgIpc) is 2.80. The van der Waals surface area contributed by atoms with E-state index in [2.05, 4.69) is 52.9 Å². The lowest BCUT2D eigenvalue weighted by Crippen LogP contribution is -2.47. The molecule has 0 saturated heterocycles. The third kappa shape index (κ3) is 2.91. The highest BCUT2D eigenvalue weighted by Crippen LogP contribution is 2.43. The number of rotatable bonds is 4. The molecule has 3 rings (SSSR count). The van der Waals surface area contributed by atoms with Crippen molar-refractivity contribution in [2.45, 2.75) is 38.6 Å². The second-order valence-corrected chi connectivity index (χ2v) is 6.10. The molecular formula is C16H23N3. The summed E-state index contributed by atoms with van der Waals surface area (Å²) >= 11 is 0. The minimum atomic E-state index is 0.442. The van der Waals surface area contributed by atoms with Gasteiger partial charge in [0.05, 0.1) is 6.54 Å². The van der Waals surface area contributed by atoms with Crippen LogP contribution in [0.25, 0.3) is 0 Å². The van der Waals surface area contributed by atoms with Crippen LogP contribution in [-0.2, 0) is 6.42 Å². The first-order valence-electron chi connectivity index (χ1n) is 7.35. The molecule has 0 amide bonds. The lowest BCUT2D eigenvalue weighted by atomic mass is 9.65. The van der Waals surface area contributed by atoms with Gasteiger partial charge in [0.15, 0.2) is 5.96 Å². The lowest BCUT2D eigenvalue weighted by molar-refractivity contribution is 0.137. The molecule has 3 nitrogen and oxygen atoms in total. The summed E-state index contributed by atoms with van der Waals surface area (Å²) in [6, 6.07) is 11.3. The molecular weight excluding hydrogens is 234 g/mol. The summed E-state index contributed by atoms with van der Waals surface area (Å²) in [4.78, 5) is 4.48. The van der Waals surface area contributed by atoms with E-state index in [4.69, 9.17) is 0 Å². The Bertz CT molecular complexity index is 448. The van der Waals surface area contributed by atoms with E-state index in [1.165, 1.54) is 31.2 Å². The van der Waals surface area contributed by atoms with Crippen molar-refractivity contribution in [2.24, 2.45) is 10.4 Å². The number of hydrogen-bond acceptors (Lipinski definition) is 3. The van der Waals surface area contributed by atoms with Crippen molar-refractivity contribution >= 4 is 5.96 Å². The fourth-order valence-corrected chi connectivity index (χ4v) is 3.05. The van der Waals surface area contributed by atoms with E-state index in [0.29, 0.717) is 11.5 Å². The summed E-state index contributed by atoms with van der Waals surface area (Å²) < 4.78 is 0. The summed E-state index contributed by atoms with van der Waals surface area (Å²) in [6.45, 7) is 4.11. The molecule has 1 aromatic carbocycles. The molecule has 2 N–H and O–H groups in total. The van der Waals surface area contributed by atoms with E-state index in [-0.39, 0.29) is 0 Å². The Labute approximate surface area is 115 Å². The van der Waals surface area contributed by atoms with Crippen molar-refractivity contribution in [1.82, 2.24) is 10.6 Å². The quantitative estimate of drug-likeness (QED) is 0.868. The maximum absolute atomic E-state index is 4.48. The van der Waals surface area contributed by atoms with E-state index in [1.807, 2.05) is 0 Å². The minimum absolute atomic E-state index is 0.442. The first kappa shape index (κ1) is 12.5. The molecule has 1 unspecified atom stereocenters. The Kier molecular flexibility index (Phi) is 3.45. The van der Waals surface area contributed by atoms with Crippen LogP contribution in [0.15, 0.2) is 35.3 Å². The van der Waals surface area contributed by atoms with Crippen molar-refractivity contribution in [3.05, 3.63) is 35.9 Å². The van der Waals surface area contributed by atoms with E-state index >= 15 is 0 Å². The Morgan fingerprint density at radius 2 is 2.11 bits per heavy atom. The lowest BCUT2D eigenvalue weighted by Gasteiger charge is -2.42. The van der Waals surface area contributed by atoms with Crippen LogP contribution in [-0.4, -0.2) is 25.1 Å². The molecule has 1 aromatic rings. The van der Waals surface area contributed by atoms with E-state index in [0.717, 1.165) is 19.0 Å². The number of nitrogens with zero attached hydrogens (tertiary/aromatic N) is 1. The van der Waals surface area contributed by atoms with E-state index < -0.39 is 0 Å². The van der Waals surface area contributed by atoms with Gasteiger partial charge in [0.1, 0.15) is 0 Å². The maximum Gasteiger partial charge on any atom is 0.191 e. The molecule has 3 heteroatoms. The highest BCUT2D eigenvalue weighted by atomic mass is 15.2. The van der Waals surface area contributed by atoms with Gasteiger partial charge >= 0.3 is 0 Å². The van der Waals surface area contributed by atoms with Gasteiger partial charge in [0.2, 0.25) is 0 Å². The Hall–Kier alpha value is -1.51. The fourth-order valence-electron chi connectivity index (χ4n) is 3.05. The first-order valence-corrected chi connectivity index (χ1v) is 7.35. The molecule has 102 valence electrons. The predicted molar refractivity (Wildman–Crippen MR) is 79.3 cm³/mol. The standard InChI is InChI=1S/C16H23N3/c1-13-11-17-15(19-13)18-12-16(8-5-9-16)10-14-6-3-2-4-7-14/h2-4,6-7,13H,5,8-12H2,1H3,(H2,17,18,19). The third-order valence-electron chi connectivity index (χ3n) is 4.37. The number of guanidine groups is 1. The molecule has 1 aliphatic carbocycles. The Balaban J connectivity index is 1.57. The highest BCUT2D eigenvalue weighted by Gasteiger charge is 2.37. The van der Waals surface area contributed by atoms with Gasteiger partial charge in [-0.3, -0.25) is 4.99 Å². The second kappa shape index (κ2) is 5.24. The van der Waals surface area contributed by atoms with Gasteiger partial charge in [-0.1, -0.05) is 36.8 Å². The summed E-state index contributed by atoms with van der Waals surface area (Å²) in [5, 5.41) is 6.89. The van der Waals surface area contributed by atoms with Gasteiger partial charge in [-0.15, -0.1) is 0 Å². The highest BCUT2D eigenvalue weighted by molar-refractivity contribution is 5.81. The molecule has 1 heterocycles. The van der Waals surface area contributed by atoms with Gasteiger partial charge < -0.3 is 10.6 Å². The molecule has 1 fully saturated rings. The zero-order valence-electron chi connectivity index (χ0n) is 11.7. The van der Waals surface area contributed by atoms with Gasteiger partial charge in [-0.2, -0.15) is 0 Å². The fraction of sp³-hybridized carbons (Fsp3) is 0.562. The summed E-state index contributed by atoms with van der Waals surface area (Å²) in [5.74, 6) is 0.992. The molecule has 0 bridgehead atoms. The molecule has 1 aliphatic heterocycles. The summed E-state index contributed by atoms with van der Waals surface area (Å²) in [5.41, 5.74) is 1.90. The normalized spacial score (nSPS) is 24.3. The Morgan fingerprint density at radius 1 is 1.32 bits per heavy atom. The molecule has 1 saturated carbocycles. The smallest absolute Gasteiger partial charge is 0.191 e. The summed E-state index contributed by atoms with van der Waals surface area (Å²) in [6.07, 6.45) is 5.21. The van der Waals surface area contributed by atoms with Crippen LogP contribution < -0.4 is 10.6 Å². The van der Waals surface area contributed by atoms with Crippen molar-refractivity contribution < 1.29 is 0 Å². The van der Waals surface area contributed by atoms with Crippen LogP contribution in [0.5, 0.6) is 0 Å². The summed E-state index contributed by atoms with van der Waals surface area (Å²) in [7, 11) is 0. The molecule has 0 radical (unpaired) electrons. The predicted octanol–water partition coefficient (Wildman–Crippen LogP) is 2.34. The van der Waals surface area contributed by atoms with E-state index in [1.54, 1.807) is 0 Å². The van der Waals surface area contributed by atoms with Gasteiger partial charge in [0.25, 0.3) is 0 Å². The van der Waals surface area contributed by atoms with Crippen molar-refractivity contribution in [2.75, 3.05) is 13.1 Å². The molecule has 2 aliphatic rings. The molecule has 1 atom stereocenters. The van der Waals surface area contributed by atoms with Crippen molar-refractivity contribution in [3.8, 4) is 0 Å². The minimum Gasteiger partial charge on any atom is -0.356 e. The molecule has 0 aromatic heterocycles. The number of hydrogen-bond donors (Lipinski definition) is 2. The largest absolute Gasteiger partial charge is 0.356 e.